The van der Waals surface area contributed by atoms with Crippen LogP contribution in [0.2, 0.25) is 0 Å². The largest absolute Gasteiger partial charge is 0.480 e. The van der Waals surface area contributed by atoms with Crippen molar-refractivity contribution in [3.8, 4) is 0 Å². The number of aliphatic carboxylic acids is 1. The van der Waals surface area contributed by atoms with Crippen LogP contribution in [0.5, 0.6) is 0 Å². The summed E-state index contributed by atoms with van der Waals surface area (Å²) in [7, 11) is 0. The minimum Gasteiger partial charge on any atom is -0.480 e. The Morgan fingerprint density at radius 2 is 2.06 bits per heavy atom. The molecular weight excluding hydrogens is 230 g/mol. The van der Waals surface area contributed by atoms with E-state index in [1.165, 1.54) is 16.7 Å². The van der Waals surface area contributed by atoms with Crippen molar-refractivity contribution < 1.29 is 14.6 Å². The molecule has 1 heterocycles. The Morgan fingerprint density at radius 1 is 1.39 bits per heavy atom. The monoisotopic (exact) mass is 249 g/mol. The molecule has 1 aromatic carbocycles. The lowest BCUT2D eigenvalue weighted by atomic mass is 10.1. The molecule has 0 saturated carbocycles. The smallest absolute Gasteiger partial charge is 0.323 e. The first-order valence-corrected chi connectivity index (χ1v) is 6.18. The fourth-order valence-corrected chi connectivity index (χ4v) is 2.45. The van der Waals surface area contributed by atoms with Gasteiger partial charge >= 0.3 is 5.97 Å². The number of ether oxygens (including phenoxy) is 1. The number of nitrogens with zero attached hydrogens (tertiary/aromatic N) is 1. The second-order valence-corrected chi connectivity index (χ2v) is 4.90. The molecule has 1 saturated heterocycles. The number of hydrogen-bond donors (Lipinski definition) is 1. The zero-order chi connectivity index (χ0) is 13.1. The molecule has 1 aliphatic heterocycles. The van der Waals surface area contributed by atoms with Crippen LogP contribution in [0, 0.1) is 13.8 Å². The van der Waals surface area contributed by atoms with Crippen LogP contribution in [-0.4, -0.2) is 41.8 Å². The maximum Gasteiger partial charge on any atom is 0.323 e. The molecule has 1 aliphatic rings. The maximum absolute atomic E-state index is 11.2. The van der Waals surface area contributed by atoms with Crippen molar-refractivity contribution in [3.05, 3.63) is 34.9 Å². The van der Waals surface area contributed by atoms with E-state index in [2.05, 4.69) is 32.0 Å². The first kappa shape index (κ1) is 13.1. The molecule has 0 radical (unpaired) electrons. The van der Waals surface area contributed by atoms with Gasteiger partial charge in [-0.3, -0.25) is 9.69 Å². The Balaban J connectivity index is 2.13. The molecule has 0 aromatic heterocycles. The Labute approximate surface area is 107 Å². The van der Waals surface area contributed by atoms with Crippen LogP contribution in [0.1, 0.15) is 16.7 Å². The number of carboxylic acids is 1. The minimum atomic E-state index is -0.806. The highest BCUT2D eigenvalue weighted by Crippen LogP contribution is 2.15. The van der Waals surface area contributed by atoms with Crippen LogP contribution in [0.25, 0.3) is 0 Å². The molecule has 1 N–H and O–H groups in total. The van der Waals surface area contributed by atoms with Crippen LogP contribution < -0.4 is 0 Å². The Hall–Kier alpha value is -1.39. The molecule has 4 nitrogen and oxygen atoms in total. The van der Waals surface area contributed by atoms with Gasteiger partial charge in [-0.15, -0.1) is 0 Å². The molecule has 0 amide bonds. The van der Waals surface area contributed by atoms with Crippen molar-refractivity contribution in [2.75, 3.05) is 19.8 Å². The number of rotatable bonds is 3. The van der Waals surface area contributed by atoms with Gasteiger partial charge in [-0.1, -0.05) is 29.3 Å². The van der Waals surface area contributed by atoms with Gasteiger partial charge in [0.05, 0.1) is 13.2 Å². The summed E-state index contributed by atoms with van der Waals surface area (Å²) in [4.78, 5) is 13.1. The predicted octanol–water partition coefficient (Wildman–Crippen LogP) is 1.59. The van der Waals surface area contributed by atoms with Crippen molar-refractivity contribution in [1.29, 1.82) is 0 Å². The quantitative estimate of drug-likeness (QED) is 0.883. The van der Waals surface area contributed by atoms with Crippen LogP contribution in [0.4, 0.5) is 0 Å². The first-order valence-electron chi connectivity index (χ1n) is 6.18. The van der Waals surface area contributed by atoms with E-state index in [0.29, 0.717) is 19.7 Å². The lowest BCUT2D eigenvalue weighted by Gasteiger charge is -2.32. The summed E-state index contributed by atoms with van der Waals surface area (Å²) in [5.41, 5.74) is 3.59. The summed E-state index contributed by atoms with van der Waals surface area (Å²) in [6.07, 6.45) is 0. The molecule has 1 aromatic rings. The van der Waals surface area contributed by atoms with E-state index in [4.69, 9.17) is 4.74 Å². The van der Waals surface area contributed by atoms with Crippen LogP contribution in [0.15, 0.2) is 18.2 Å². The highest BCUT2D eigenvalue weighted by atomic mass is 16.5. The molecule has 0 spiro atoms. The summed E-state index contributed by atoms with van der Waals surface area (Å²) in [5, 5.41) is 9.17. The topological polar surface area (TPSA) is 49.8 Å². The predicted molar refractivity (Wildman–Crippen MR) is 68.6 cm³/mol. The summed E-state index contributed by atoms with van der Waals surface area (Å²) in [5.74, 6) is -0.806. The van der Waals surface area contributed by atoms with Gasteiger partial charge in [0.25, 0.3) is 0 Å². The summed E-state index contributed by atoms with van der Waals surface area (Å²) in [6.45, 7) is 6.34. The van der Waals surface area contributed by atoms with Crippen molar-refractivity contribution in [2.45, 2.75) is 26.4 Å². The van der Waals surface area contributed by atoms with Crippen LogP contribution in [-0.2, 0) is 16.1 Å². The third-order valence-electron chi connectivity index (χ3n) is 3.19. The maximum atomic E-state index is 11.2. The van der Waals surface area contributed by atoms with Gasteiger partial charge in [0, 0.05) is 13.1 Å². The lowest BCUT2D eigenvalue weighted by molar-refractivity contribution is -0.150. The van der Waals surface area contributed by atoms with Gasteiger partial charge in [-0.05, 0) is 19.4 Å². The van der Waals surface area contributed by atoms with E-state index < -0.39 is 12.0 Å². The Kier molecular flexibility index (Phi) is 3.99. The van der Waals surface area contributed by atoms with Crippen molar-refractivity contribution in [1.82, 2.24) is 4.90 Å². The standard InChI is InChI=1S/C14H19NO3/c1-10-5-11(2)7-12(6-10)8-15-3-4-18-9-13(15)14(16)17/h5-7,13H,3-4,8-9H2,1-2H3,(H,16,17). The van der Waals surface area contributed by atoms with E-state index in [0.717, 1.165) is 0 Å². The number of aryl methyl sites for hydroxylation is 2. The number of carboxylic acid groups (broad SMARTS) is 1. The molecule has 1 unspecified atom stereocenters. The Morgan fingerprint density at radius 3 is 2.67 bits per heavy atom. The molecule has 1 atom stereocenters. The molecule has 18 heavy (non-hydrogen) atoms. The summed E-state index contributed by atoms with van der Waals surface area (Å²) < 4.78 is 5.24. The molecule has 0 bridgehead atoms. The first-order chi connectivity index (χ1) is 8.56. The SMILES string of the molecule is Cc1cc(C)cc(CN2CCOCC2C(=O)O)c1. The normalized spacial score (nSPS) is 20.9. The molecule has 4 heteroatoms. The van der Waals surface area contributed by atoms with Gasteiger partial charge in [0.1, 0.15) is 6.04 Å². The highest BCUT2D eigenvalue weighted by molar-refractivity contribution is 5.73. The third-order valence-corrected chi connectivity index (χ3v) is 3.19. The molecule has 2 rings (SSSR count). The Bertz CT molecular complexity index is 424. The zero-order valence-electron chi connectivity index (χ0n) is 10.8. The van der Waals surface area contributed by atoms with Gasteiger partial charge < -0.3 is 9.84 Å². The van der Waals surface area contributed by atoms with E-state index in [1.54, 1.807) is 0 Å². The fraction of sp³-hybridized carbons (Fsp3) is 0.500. The van der Waals surface area contributed by atoms with Crippen molar-refractivity contribution in [3.63, 3.8) is 0 Å². The van der Waals surface area contributed by atoms with E-state index in [-0.39, 0.29) is 6.61 Å². The highest BCUT2D eigenvalue weighted by Gasteiger charge is 2.28. The number of benzene rings is 1. The number of morpholine rings is 1. The number of hydrogen-bond acceptors (Lipinski definition) is 3. The van der Waals surface area contributed by atoms with Gasteiger partial charge in [0.2, 0.25) is 0 Å². The minimum absolute atomic E-state index is 0.278. The second kappa shape index (κ2) is 5.50. The van der Waals surface area contributed by atoms with Crippen molar-refractivity contribution >= 4 is 5.97 Å². The average molecular weight is 249 g/mol. The molecule has 0 aliphatic carbocycles. The number of carbonyl (C=O) groups is 1. The molecular formula is C14H19NO3. The summed E-state index contributed by atoms with van der Waals surface area (Å²) in [6, 6.07) is 5.82. The van der Waals surface area contributed by atoms with Gasteiger partial charge in [0.15, 0.2) is 0 Å². The second-order valence-electron chi connectivity index (χ2n) is 4.90. The molecule has 1 fully saturated rings. The molecule has 98 valence electrons. The van der Waals surface area contributed by atoms with Crippen molar-refractivity contribution in [2.24, 2.45) is 0 Å². The third kappa shape index (κ3) is 3.09. The van der Waals surface area contributed by atoms with Gasteiger partial charge in [-0.25, -0.2) is 0 Å². The van der Waals surface area contributed by atoms with Crippen LogP contribution in [0.3, 0.4) is 0 Å². The zero-order valence-corrected chi connectivity index (χ0v) is 10.8. The van der Waals surface area contributed by atoms with Crippen LogP contribution >= 0.6 is 0 Å². The van der Waals surface area contributed by atoms with Gasteiger partial charge in [-0.2, -0.15) is 0 Å². The lowest BCUT2D eigenvalue weighted by Crippen LogP contribution is -2.49. The average Bonchev–Trinajstić information content (AvgIpc) is 2.27. The van der Waals surface area contributed by atoms with E-state index >= 15 is 0 Å². The van der Waals surface area contributed by atoms with E-state index in [1.807, 2.05) is 4.90 Å². The fourth-order valence-electron chi connectivity index (χ4n) is 2.45. The summed E-state index contributed by atoms with van der Waals surface area (Å²) >= 11 is 0. The van der Waals surface area contributed by atoms with E-state index in [9.17, 15) is 9.90 Å².